The van der Waals surface area contributed by atoms with Crippen LogP contribution in [0.15, 0.2) is 29.3 Å². The topological polar surface area (TPSA) is 59.6 Å². The van der Waals surface area contributed by atoms with E-state index in [9.17, 15) is 0 Å². The van der Waals surface area contributed by atoms with E-state index in [0.717, 1.165) is 17.7 Å². The fourth-order valence-electron chi connectivity index (χ4n) is 1.59. The highest BCUT2D eigenvalue weighted by atomic mass is 127. The lowest BCUT2D eigenvalue weighted by Gasteiger charge is -2.20. The molecule has 5 heteroatoms. The van der Waals surface area contributed by atoms with Crippen LogP contribution in [-0.2, 0) is 0 Å². The zero-order valence-corrected chi connectivity index (χ0v) is 15.1. The summed E-state index contributed by atoms with van der Waals surface area (Å²) >= 11 is 0. The summed E-state index contributed by atoms with van der Waals surface area (Å²) in [5, 5.41) is 3.12. The molecule has 114 valence electrons. The second kappa shape index (κ2) is 9.05. The van der Waals surface area contributed by atoms with Crippen LogP contribution in [0.25, 0.3) is 0 Å². The summed E-state index contributed by atoms with van der Waals surface area (Å²) in [5.41, 5.74) is 6.88. The Kier molecular flexibility index (Phi) is 8.60. The first-order chi connectivity index (χ1) is 8.88. The van der Waals surface area contributed by atoms with Crippen molar-refractivity contribution in [1.82, 2.24) is 5.32 Å². The minimum Gasteiger partial charge on any atom is -0.493 e. The highest BCUT2D eigenvalue weighted by Gasteiger charge is 2.09. The summed E-state index contributed by atoms with van der Waals surface area (Å²) in [6.45, 7) is 9.51. The van der Waals surface area contributed by atoms with Gasteiger partial charge in [-0.05, 0) is 39.3 Å². The highest BCUT2D eigenvalue weighted by molar-refractivity contribution is 14.0. The fraction of sp³-hybridized carbons (Fsp3) is 0.533. The van der Waals surface area contributed by atoms with Crippen LogP contribution in [0.5, 0.6) is 5.75 Å². The number of aliphatic imine (C=N–C) groups is 1. The van der Waals surface area contributed by atoms with Crippen LogP contribution in [-0.4, -0.2) is 24.7 Å². The number of nitrogens with two attached hydrogens (primary N) is 1. The molecular formula is C15H26IN3O. The van der Waals surface area contributed by atoms with Gasteiger partial charge in [-0.25, -0.2) is 0 Å². The molecule has 1 aromatic carbocycles. The average molecular weight is 391 g/mol. The van der Waals surface area contributed by atoms with Crippen molar-refractivity contribution < 1.29 is 4.74 Å². The van der Waals surface area contributed by atoms with E-state index in [1.165, 1.54) is 0 Å². The van der Waals surface area contributed by atoms with E-state index in [1.54, 1.807) is 0 Å². The van der Waals surface area contributed by atoms with Crippen LogP contribution < -0.4 is 15.8 Å². The number of guanidine groups is 1. The van der Waals surface area contributed by atoms with Crippen molar-refractivity contribution in [3.8, 4) is 5.75 Å². The van der Waals surface area contributed by atoms with Gasteiger partial charge >= 0.3 is 0 Å². The quantitative estimate of drug-likeness (QED) is 0.351. The Morgan fingerprint density at radius 1 is 1.30 bits per heavy atom. The lowest BCUT2D eigenvalue weighted by molar-refractivity contribution is 0.311. The number of hydrogen-bond acceptors (Lipinski definition) is 2. The molecule has 4 nitrogen and oxygen atoms in total. The van der Waals surface area contributed by atoms with Gasteiger partial charge in [-0.1, -0.05) is 18.2 Å². The van der Waals surface area contributed by atoms with E-state index in [1.807, 2.05) is 31.2 Å². The van der Waals surface area contributed by atoms with Gasteiger partial charge in [0.15, 0.2) is 5.96 Å². The molecule has 0 heterocycles. The molecule has 3 N–H and O–H groups in total. The van der Waals surface area contributed by atoms with Gasteiger partial charge in [0.05, 0.1) is 6.61 Å². The molecule has 0 saturated carbocycles. The molecule has 1 rings (SSSR count). The monoisotopic (exact) mass is 391 g/mol. The summed E-state index contributed by atoms with van der Waals surface area (Å²) in [5.74, 6) is 1.43. The minimum atomic E-state index is -0.0504. The van der Waals surface area contributed by atoms with Crippen molar-refractivity contribution in [2.24, 2.45) is 10.7 Å². The van der Waals surface area contributed by atoms with E-state index in [4.69, 9.17) is 10.5 Å². The van der Waals surface area contributed by atoms with E-state index < -0.39 is 0 Å². The molecule has 20 heavy (non-hydrogen) atoms. The number of hydrogen-bond donors (Lipinski definition) is 2. The van der Waals surface area contributed by atoms with Crippen LogP contribution in [0, 0.1) is 6.92 Å². The Morgan fingerprint density at radius 2 is 1.95 bits per heavy atom. The van der Waals surface area contributed by atoms with Gasteiger partial charge in [0.1, 0.15) is 5.75 Å². The first-order valence-corrected chi connectivity index (χ1v) is 6.65. The molecule has 1 aromatic rings. The van der Waals surface area contributed by atoms with Crippen molar-refractivity contribution in [3.05, 3.63) is 29.8 Å². The molecule has 0 fully saturated rings. The second-order valence-electron chi connectivity index (χ2n) is 5.61. The summed E-state index contributed by atoms with van der Waals surface area (Å²) in [6.07, 6.45) is 0.848. The fourth-order valence-corrected chi connectivity index (χ4v) is 1.59. The lowest BCUT2D eigenvalue weighted by Crippen LogP contribution is -2.45. The van der Waals surface area contributed by atoms with E-state index in [-0.39, 0.29) is 29.5 Å². The Morgan fingerprint density at radius 3 is 2.55 bits per heavy atom. The van der Waals surface area contributed by atoms with Gasteiger partial charge in [-0.2, -0.15) is 0 Å². The number of benzene rings is 1. The minimum absolute atomic E-state index is 0. The molecular weight excluding hydrogens is 365 g/mol. The number of ether oxygens (including phenoxy) is 1. The standard InChI is InChI=1S/C15H25N3O.HI/c1-12-8-5-6-9-13(12)19-11-7-10-17-14(16)18-15(2,3)4;/h5-6,8-9H,7,10-11H2,1-4H3,(H3,16,17,18);1H. The molecule has 0 aliphatic rings. The Bertz CT molecular complexity index is 427. The molecule has 0 radical (unpaired) electrons. The largest absolute Gasteiger partial charge is 0.493 e. The van der Waals surface area contributed by atoms with Crippen LogP contribution in [0.3, 0.4) is 0 Å². The Labute approximate surface area is 139 Å². The average Bonchev–Trinajstić information content (AvgIpc) is 2.28. The summed E-state index contributed by atoms with van der Waals surface area (Å²) in [7, 11) is 0. The third-order valence-electron chi connectivity index (χ3n) is 2.44. The highest BCUT2D eigenvalue weighted by Crippen LogP contribution is 2.16. The Hall–Kier alpha value is -0.980. The molecule has 0 amide bonds. The van der Waals surface area contributed by atoms with Crippen LogP contribution >= 0.6 is 24.0 Å². The zero-order chi connectivity index (χ0) is 14.3. The van der Waals surface area contributed by atoms with Crippen molar-refractivity contribution in [1.29, 1.82) is 0 Å². The van der Waals surface area contributed by atoms with Crippen LogP contribution in [0.2, 0.25) is 0 Å². The van der Waals surface area contributed by atoms with Gasteiger partial charge in [0.25, 0.3) is 0 Å². The molecule has 0 bridgehead atoms. The summed E-state index contributed by atoms with van der Waals surface area (Å²) in [6, 6.07) is 8.00. The maximum atomic E-state index is 5.78. The molecule has 0 spiro atoms. The van der Waals surface area contributed by atoms with Crippen molar-refractivity contribution in [3.63, 3.8) is 0 Å². The summed E-state index contributed by atoms with van der Waals surface area (Å²) in [4.78, 5) is 4.27. The number of nitrogens with one attached hydrogen (secondary N) is 1. The van der Waals surface area contributed by atoms with Gasteiger partial charge in [-0.15, -0.1) is 24.0 Å². The van der Waals surface area contributed by atoms with Gasteiger partial charge < -0.3 is 15.8 Å². The Balaban J connectivity index is 0.00000361. The zero-order valence-electron chi connectivity index (χ0n) is 12.8. The van der Waals surface area contributed by atoms with Gasteiger partial charge in [0, 0.05) is 18.5 Å². The predicted molar refractivity (Wildman–Crippen MR) is 96.1 cm³/mol. The first-order valence-electron chi connectivity index (χ1n) is 6.65. The van der Waals surface area contributed by atoms with E-state index >= 15 is 0 Å². The lowest BCUT2D eigenvalue weighted by atomic mass is 10.1. The molecule has 0 unspecified atom stereocenters. The van der Waals surface area contributed by atoms with Gasteiger partial charge in [0.2, 0.25) is 0 Å². The third-order valence-corrected chi connectivity index (χ3v) is 2.44. The molecule has 0 aliphatic carbocycles. The van der Waals surface area contributed by atoms with Crippen molar-refractivity contribution in [2.75, 3.05) is 13.2 Å². The molecule has 0 aromatic heterocycles. The normalized spacial score (nSPS) is 11.7. The summed E-state index contributed by atoms with van der Waals surface area (Å²) < 4.78 is 5.69. The third kappa shape index (κ3) is 8.24. The SMILES string of the molecule is Cc1ccccc1OCCCN=C(N)NC(C)(C)C.I. The number of aryl methyl sites for hydroxylation is 1. The van der Waals surface area contributed by atoms with Crippen molar-refractivity contribution >= 4 is 29.9 Å². The number of halogens is 1. The van der Waals surface area contributed by atoms with E-state index in [0.29, 0.717) is 19.1 Å². The van der Waals surface area contributed by atoms with Gasteiger partial charge in [-0.3, -0.25) is 4.99 Å². The maximum Gasteiger partial charge on any atom is 0.188 e. The second-order valence-corrected chi connectivity index (χ2v) is 5.61. The number of para-hydroxylation sites is 1. The number of nitrogens with zero attached hydrogens (tertiary/aromatic N) is 1. The van der Waals surface area contributed by atoms with Crippen LogP contribution in [0.1, 0.15) is 32.8 Å². The van der Waals surface area contributed by atoms with Crippen LogP contribution in [0.4, 0.5) is 0 Å². The van der Waals surface area contributed by atoms with E-state index in [2.05, 4.69) is 31.1 Å². The number of rotatable bonds is 5. The molecule has 0 atom stereocenters. The van der Waals surface area contributed by atoms with Crippen molar-refractivity contribution in [2.45, 2.75) is 39.7 Å². The predicted octanol–water partition coefficient (Wildman–Crippen LogP) is 3.08. The first kappa shape index (κ1) is 19.0. The molecule has 0 saturated heterocycles. The molecule has 0 aliphatic heterocycles. The maximum absolute atomic E-state index is 5.78. The smallest absolute Gasteiger partial charge is 0.188 e.